The van der Waals surface area contributed by atoms with Crippen LogP contribution in [0.4, 0.5) is 0 Å². The standard InChI is InChI=1S/C15H11ClN4O4S/c16-10-3-5-11(6-4-10)25(23,24)20-7-1-2-12(20)13(21)8-14(22)15-17-9-18-19-15/h1-9,22H,(H,17,18,19). The fraction of sp³-hybridized carbons (Fsp3) is 0. The maximum Gasteiger partial charge on any atom is 0.268 e. The van der Waals surface area contributed by atoms with E-state index < -0.39 is 21.6 Å². The first-order valence-corrected chi connectivity index (χ1v) is 8.71. The molecule has 128 valence electrons. The Kier molecular flexibility index (Phi) is 4.43. The Bertz CT molecular complexity index is 1040. The normalized spacial score (nSPS) is 12.3. The number of carbonyl (C=O) groups excluding carboxylic acids is 1. The van der Waals surface area contributed by atoms with Gasteiger partial charge >= 0.3 is 0 Å². The lowest BCUT2D eigenvalue weighted by molar-refractivity contribution is 0.104. The molecule has 8 nitrogen and oxygen atoms in total. The zero-order valence-corrected chi connectivity index (χ0v) is 14.1. The third-order valence-corrected chi connectivity index (χ3v) is 5.20. The van der Waals surface area contributed by atoms with Crippen molar-refractivity contribution in [1.29, 1.82) is 0 Å². The van der Waals surface area contributed by atoms with Gasteiger partial charge in [0.15, 0.2) is 5.76 Å². The molecule has 0 saturated carbocycles. The monoisotopic (exact) mass is 378 g/mol. The van der Waals surface area contributed by atoms with Crippen molar-refractivity contribution in [3.8, 4) is 0 Å². The lowest BCUT2D eigenvalue weighted by atomic mass is 10.2. The minimum atomic E-state index is -3.99. The van der Waals surface area contributed by atoms with Crippen LogP contribution in [0.1, 0.15) is 16.3 Å². The summed E-state index contributed by atoms with van der Waals surface area (Å²) in [5, 5.41) is 16.3. The van der Waals surface area contributed by atoms with E-state index in [0.717, 1.165) is 10.0 Å². The van der Waals surface area contributed by atoms with Crippen molar-refractivity contribution in [3.05, 3.63) is 71.5 Å². The molecule has 0 fully saturated rings. The number of aliphatic hydroxyl groups excluding tert-OH is 1. The number of hydrogen-bond acceptors (Lipinski definition) is 6. The number of H-pyrrole nitrogens is 1. The van der Waals surface area contributed by atoms with E-state index in [-0.39, 0.29) is 16.4 Å². The maximum atomic E-state index is 12.7. The third kappa shape index (κ3) is 3.32. The van der Waals surface area contributed by atoms with Gasteiger partial charge in [-0.05, 0) is 36.4 Å². The van der Waals surface area contributed by atoms with E-state index in [0.29, 0.717) is 5.02 Å². The molecule has 3 aromatic rings. The van der Waals surface area contributed by atoms with Crippen molar-refractivity contribution < 1.29 is 18.3 Å². The molecule has 2 N–H and O–H groups in total. The Labute approximate surface area is 147 Å². The summed E-state index contributed by atoms with van der Waals surface area (Å²) in [7, 11) is -3.99. The summed E-state index contributed by atoms with van der Waals surface area (Å²) in [6.07, 6.45) is 3.33. The molecule has 25 heavy (non-hydrogen) atoms. The van der Waals surface area contributed by atoms with Crippen LogP contribution in [0.25, 0.3) is 5.76 Å². The number of benzene rings is 1. The Hall–Kier alpha value is -2.91. The summed E-state index contributed by atoms with van der Waals surface area (Å²) in [5.41, 5.74) is -0.142. The van der Waals surface area contributed by atoms with Crippen LogP contribution in [-0.4, -0.2) is 38.5 Å². The second-order valence-corrected chi connectivity index (χ2v) is 7.12. The van der Waals surface area contributed by atoms with Crippen molar-refractivity contribution >= 4 is 33.2 Å². The van der Waals surface area contributed by atoms with Gasteiger partial charge in [-0.15, -0.1) is 0 Å². The van der Waals surface area contributed by atoms with E-state index in [4.69, 9.17) is 11.6 Å². The minimum Gasteiger partial charge on any atom is -0.504 e. The lowest BCUT2D eigenvalue weighted by Gasteiger charge is -2.09. The number of allylic oxidation sites excluding steroid dienone is 1. The zero-order valence-electron chi connectivity index (χ0n) is 12.5. The Morgan fingerprint density at radius 3 is 2.60 bits per heavy atom. The van der Waals surface area contributed by atoms with Gasteiger partial charge in [0.2, 0.25) is 11.6 Å². The Morgan fingerprint density at radius 2 is 1.96 bits per heavy atom. The predicted octanol–water partition coefficient (Wildman–Crippen LogP) is 2.28. The highest BCUT2D eigenvalue weighted by atomic mass is 35.5. The molecule has 2 aromatic heterocycles. The van der Waals surface area contributed by atoms with Crippen LogP contribution in [0.5, 0.6) is 0 Å². The van der Waals surface area contributed by atoms with E-state index in [1.54, 1.807) is 0 Å². The molecule has 10 heteroatoms. The molecule has 0 aliphatic rings. The number of halogens is 1. The number of nitrogens with one attached hydrogen (secondary N) is 1. The molecule has 0 saturated heterocycles. The van der Waals surface area contributed by atoms with Gasteiger partial charge in [-0.1, -0.05) is 11.6 Å². The molecule has 3 rings (SSSR count). The van der Waals surface area contributed by atoms with E-state index >= 15 is 0 Å². The van der Waals surface area contributed by atoms with E-state index in [1.807, 2.05) is 0 Å². The largest absolute Gasteiger partial charge is 0.504 e. The summed E-state index contributed by atoms with van der Waals surface area (Å²) in [5.74, 6) is -1.28. The van der Waals surface area contributed by atoms with Crippen molar-refractivity contribution in [2.24, 2.45) is 0 Å². The zero-order chi connectivity index (χ0) is 18.0. The second-order valence-electron chi connectivity index (χ2n) is 4.86. The molecule has 0 aliphatic heterocycles. The maximum absolute atomic E-state index is 12.7. The molecular formula is C15H11ClN4O4S. The minimum absolute atomic E-state index is 0.0238. The number of hydrogen-bond donors (Lipinski definition) is 2. The molecule has 0 radical (unpaired) electrons. The first-order valence-electron chi connectivity index (χ1n) is 6.89. The quantitative estimate of drug-likeness (QED) is 0.399. The van der Waals surface area contributed by atoms with Crippen LogP contribution in [0.15, 0.2) is 59.9 Å². The van der Waals surface area contributed by atoms with Crippen LogP contribution in [0.3, 0.4) is 0 Å². The van der Waals surface area contributed by atoms with E-state index in [1.165, 1.54) is 48.9 Å². The first-order chi connectivity index (χ1) is 11.9. The van der Waals surface area contributed by atoms with Gasteiger partial charge in [0, 0.05) is 17.3 Å². The fourth-order valence-electron chi connectivity index (χ4n) is 2.08. The number of aromatic amines is 1. The van der Waals surface area contributed by atoms with Gasteiger partial charge in [0.25, 0.3) is 10.0 Å². The highest BCUT2D eigenvalue weighted by Gasteiger charge is 2.22. The average Bonchev–Trinajstić information content (AvgIpc) is 3.27. The molecule has 1 aromatic carbocycles. The average molecular weight is 379 g/mol. The Morgan fingerprint density at radius 1 is 1.24 bits per heavy atom. The molecule has 0 aliphatic carbocycles. The van der Waals surface area contributed by atoms with Gasteiger partial charge in [0.05, 0.1) is 4.90 Å². The lowest BCUT2D eigenvalue weighted by Crippen LogP contribution is -2.17. The van der Waals surface area contributed by atoms with Gasteiger partial charge < -0.3 is 5.11 Å². The van der Waals surface area contributed by atoms with E-state index in [9.17, 15) is 18.3 Å². The van der Waals surface area contributed by atoms with Gasteiger partial charge in [-0.2, -0.15) is 5.10 Å². The molecule has 0 unspecified atom stereocenters. The second kappa shape index (κ2) is 6.54. The van der Waals surface area contributed by atoms with Crippen molar-refractivity contribution in [1.82, 2.24) is 19.2 Å². The summed E-state index contributed by atoms with van der Waals surface area (Å²) in [4.78, 5) is 16.0. The van der Waals surface area contributed by atoms with Crippen LogP contribution >= 0.6 is 11.6 Å². The van der Waals surface area contributed by atoms with Gasteiger partial charge in [-0.25, -0.2) is 17.4 Å². The summed E-state index contributed by atoms with van der Waals surface area (Å²) < 4.78 is 26.2. The van der Waals surface area contributed by atoms with Crippen LogP contribution in [-0.2, 0) is 10.0 Å². The van der Waals surface area contributed by atoms with Crippen molar-refractivity contribution in [3.63, 3.8) is 0 Å². The summed E-state index contributed by atoms with van der Waals surface area (Å²) in [6, 6.07) is 8.30. The molecule has 0 atom stereocenters. The smallest absolute Gasteiger partial charge is 0.268 e. The highest BCUT2D eigenvalue weighted by Crippen LogP contribution is 2.20. The predicted molar refractivity (Wildman–Crippen MR) is 89.8 cm³/mol. The Balaban J connectivity index is 1.99. The number of aliphatic hydroxyl groups is 1. The third-order valence-electron chi connectivity index (χ3n) is 3.25. The van der Waals surface area contributed by atoms with Crippen LogP contribution in [0, 0.1) is 0 Å². The SMILES string of the molecule is O=C(C=C(O)c1nc[nH]n1)c1cccn1S(=O)(=O)c1ccc(Cl)cc1. The molecule has 2 heterocycles. The number of aromatic nitrogens is 4. The molecular weight excluding hydrogens is 368 g/mol. The van der Waals surface area contributed by atoms with Crippen molar-refractivity contribution in [2.75, 3.05) is 0 Å². The number of nitrogens with zero attached hydrogens (tertiary/aromatic N) is 3. The fourth-order valence-corrected chi connectivity index (χ4v) is 3.55. The number of ketones is 1. The van der Waals surface area contributed by atoms with Crippen LogP contribution in [0.2, 0.25) is 5.02 Å². The summed E-state index contributed by atoms with van der Waals surface area (Å²) in [6.45, 7) is 0. The topological polar surface area (TPSA) is 118 Å². The van der Waals surface area contributed by atoms with Crippen LogP contribution < -0.4 is 0 Å². The first kappa shape index (κ1) is 16.9. The number of carbonyl (C=O) groups is 1. The molecule has 0 spiro atoms. The van der Waals surface area contributed by atoms with E-state index in [2.05, 4.69) is 15.2 Å². The molecule has 0 bridgehead atoms. The van der Waals surface area contributed by atoms with Gasteiger partial charge in [0.1, 0.15) is 12.0 Å². The van der Waals surface area contributed by atoms with Gasteiger partial charge in [-0.3, -0.25) is 9.89 Å². The molecule has 0 amide bonds. The number of rotatable bonds is 5. The summed E-state index contributed by atoms with van der Waals surface area (Å²) >= 11 is 5.77. The highest BCUT2D eigenvalue weighted by molar-refractivity contribution is 7.90. The van der Waals surface area contributed by atoms with Crippen molar-refractivity contribution in [2.45, 2.75) is 4.90 Å².